The maximum Gasteiger partial charge on any atom is 0.255 e. The number of ether oxygens (including phenoxy) is 1. The monoisotopic (exact) mass is 553 g/mol. The number of anilines is 1. The van der Waals surface area contributed by atoms with Crippen LogP contribution in [0.4, 0.5) is 10.1 Å². The Labute approximate surface area is 240 Å². The number of hydrogen-bond acceptors (Lipinski definition) is 6. The highest BCUT2D eigenvalue weighted by Crippen LogP contribution is 2.33. The first-order chi connectivity index (χ1) is 19.9. The van der Waals surface area contributed by atoms with Gasteiger partial charge in [0.2, 0.25) is 5.88 Å². The zero-order valence-electron chi connectivity index (χ0n) is 23.9. The van der Waals surface area contributed by atoms with Crippen LogP contribution in [0, 0.1) is 12.7 Å². The van der Waals surface area contributed by atoms with Crippen LogP contribution in [0.5, 0.6) is 11.6 Å². The maximum atomic E-state index is 15.0. The van der Waals surface area contributed by atoms with E-state index >= 15 is 4.39 Å². The van der Waals surface area contributed by atoms with Crippen LogP contribution in [0.15, 0.2) is 67.0 Å². The van der Waals surface area contributed by atoms with E-state index < -0.39 is 5.82 Å². The summed E-state index contributed by atoms with van der Waals surface area (Å²) in [4.78, 5) is 28.7. The molecule has 2 aromatic heterocycles. The van der Waals surface area contributed by atoms with E-state index in [-0.39, 0.29) is 17.5 Å². The molecule has 0 aliphatic carbocycles. The molecule has 0 atom stereocenters. The fourth-order valence-corrected chi connectivity index (χ4v) is 4.97. The third kappa shape index (κ3) is 7.13. The van der Waals surface area contributed by atoms with Crippen molar-refractivity contribution in [2.45, 2.75) is 52.4 Å². The molecule has 1 aliphatic rings. The summed E-state index contributed by atoms with van der Waals surface area (Å²) in [5.74, 6) is 0.806. The zero-order chi connectivity index (χ0) is 28.8. The number of nitrogens with zero attached hydrogens (tertiary/aromatic N) is 4. The van der Waals surface area contributed by atoms with Crippen LogP contribution < -0.4 is 10.1 Å². The van der Waals surface area contributed by atoms with Gasteiger partial charge in [0.1, 0.15) is 17.3 Å². The van der Waals surface area contributed by atoms with Gasteiger partial charge in [0.15, 0.2) is 5.82 Å². The lowest BCUT2D eigenvalue weighted by Gasteiger charge is -2.15. The first-order valence-corrected chi connectivity index (χ1v) is 14.3. The van der Waals surface area contributed by atoms with Crippen LogP contribution >= 0.6 is 0 Å². The predicted octanol–water partition coefficient (Wildman–Crippen LogP) is 7.18. The molecule has 1 fully saturated rings. The number of nitrogens with one attached hydrogen (secondary N) is 1. The van der Waals surface area contributed by atoms with E-state index in [0.717, 1.165) is 42.9 Å². The zero-order valence-corrected chi connectivity index (χ0v) is 23.9. The number of pyridine rings is 1. The van der Waals surface area contributed by atoms with Crippen LogP contribution in [0.25, 0.3) is 11.3 Å². The van der Waals surface area contributed by atoms with Gasteiger partial charge in [0.05, 0.1) is 11.8 Å². The summed E-state index contributed by atoms with van der Waals surface area (Å²) in [6.07, 6.45) is 6.88. The average Bonchev–Trinajstić information content (AvgIpc) is 3.49. The molecule has 41 heavy (non-hydrogen) atoms. The number of halogens is 1. The van der Waals surface area contributed by atoms with E-state index in [9.17, 15) is 4.79 Å². The second-order valence-corrected chi connectivity index (χ2v) is 10.8. The van der Waals surface area contributed by atoms with E-state index in [1.165, 1.54) is 19.0 Å². The number of benzene rings is 2. The summed E-state index contributed by atoms with van der Waals surface area (Å²) in [5.41, 5.74) is 3.69. The largest absolute Gasteiger partial charge is 0.438 e. The summed E-state index contributed by atoms with van der Waals surface area (Å²) in [5, 5.41) is 2.97. The normalized spacial score (nSPS) is 13.5. The molecule has 4 aromatic rings. The molecule has 2 aromatic carbocycles. The molecule has 0 radical (unpaired) electrons. The molecular formula is C33H36FN5O2. The van der Waals surface area contributed by atoms with Gasteiger partial charge in [-0.25, -0.2) is 19.3 Å². The summed E-state index contributed by atoms with van der Waals surface area (Å²) in [6.45, 7) is 9.37. The number of aromatic nitrogens is 3. The Morgan fingerprint density at radius 1 is 1.07 bits per heavy atom. The van der Waals surface area contributed by atoms with Gasteiger partial charge in [0.25, 0.3) is 5.91 Å². The van der Waals surface area contributed by atoms with Gasteiger partial charge in [-0.05, 0) is 99.3 Å². The molecule has 1 amide bonds. The molecule has 7 nitrogen and oxygen atoms in total. The molecule has 1 aliphatic heterocycles. The van der Waals surface area contributed by atoms with Crippen molar-refractivity contribution >= 4 is 11.6 Å². The molecule has 0 bridgehead atoms. The van der Waals surface area contributed by atoms with Crippen LogP contribution in [-0.4, -0.2) is 45.4 Å². The van der Waals surface area contributed by atoms with E-state index in [4.69, 9.17) is 4.74 Å². The van der Waals surface area contributed by atoms with E-state index in [2.05, 4.69) is 39.0 Å². The SMILES string of the molecule is Cc1ccc(C(=O)Nc2cccc(C(C)C)c2)cc1Oc1ncccc1-c1nc(CCCN2CCCC2)ncc1F. The van der Waals surface area contributed by atoms with Crippen molar-refractivity contribution in [1.29, 1.82) is 0 Å². The lowest BCUT2D eigenvalue weighted by Crippen LogP contribution is -2.21. The number of amides is 1. The Balaban J connectivity index is 1.34. The van der Waals surface area contributed by atoms with Crippen LogP contribution in [-0.2, 0) is 6.42 Å². The van der Waals surface area contributed by atoms with Crippen molar-refractivity contribution in [3.05, 3.63) is 95.3 Å². The molecule has 1 saturated heterocycles. The Morgan fingerprint density at radius 3 is 2.71 bits per heavy atom. The lowest BCUT2D eigenvalue weighted by atomic mass is 10.0. The molecule has 0 saturated carbocycles. The molecule has 8 heteroatoms. The second kappa shape index (κ2) is 13.0. The molecule has 0 unspecified atom stereocenters. The van der Waals surface area contributed by atoms with E-state index in [0.29, 0.717) is 35.0 Å². The Hall–Kier alpha value is -4.17. The minimum Gasteiger partial charge on any atom is -0.438 e. The topological polar surface area (TPSA) is 80.2 Å². The number of carbonyl (C=O) groups is 1. The van der Waals surface area contributed by atoms with E-state index in [1.54, 1.807) is 30.5 Å². The third-order valence-electron chi connectivity index (χ3n) is 7.36. The van der Waals surface area contributed by atoms with Crippen molar-refractivity contribution in [1.82, 2.24) is 19.9 Å². The van der Waals surface area contributed by atoms with Crippen molar-refractivity contribution in [3.8, 4) is 22.9 Å². The van der Waals surface area contributed by atoms with Crippen molar-refractivity contribution in [3.63, 3.8) is 0 Å². The molecule has 1 N–H and O–H groups in total. The van der Waals surface area contributed by atoms with Gasteiger partial charge in [-0.2, -0.15) is 0 Å². The Bertz CT molecular complexity index is 1520. The van der Waals surface area contributed by atoms with Crippen molar-refractivity contribution in [2.24, 2.45) is 0 Å². The van der Waals surface area contributed by atoms with Crippen molar-refractivity contribution in [2.75, 3.05) is 25.0 Å². The number of hydrogen-bond donors (Lipinski definition) is 1. The summed E-state index contributed by atoms with van der Waals surface area (Å²) in [7, 11) is 0. The first-order valence-electron chi connectivity index (χ1n) is 14.3. The molecular weight excluding hydrogens is 517 g/mol. The molecule has 5 rings (SSSR count). The van der Waals surface area contributed by atoms with Gasteiger partial charge in [-0.1, -0.05) is 32.0 Å². The van der Waals surface area contributed by atoms with Gasteiger partial charge in [-0.3, -0.25) is 4.79 Å². The highest BCUT2D eigenvalue weighted by Gasteiger charge is 2.18. The first kappa shape index (κ1) is 28.4. The Morgan fingerprint density at radius 2 is 1.90 bits per heavy atom. The minimum atomic E-state index is -0.542. The Kier molecular flexibility index (Phi) is 8.99. The van der Waals surface area contributed by atoms with Crippen LogP contribution in [0.3, 0.4) is 0 Å². The number of likely N-dealkylation sites (tertiary alicyclic amines) is 1. The van der Waals surface area contributed by atoms with Gasteiger partial charge in [-0.15, -0.1) is 0 Å². The summed E-state index contributed by atoms with van der Waals surface area (Å²) in [6, 6.07) is 16.5. The number of carbonyl (C=O) groups excluding carboxylic acids is 1. The van der Waals surface area contributed by atoms with Gasteiger partial charge >= 0.3 is 0 Å². The molecule has 212 valence electrons. The van der Waals surface area contributed by atoms with Crippen LogP contribution in [0.1, 0.15) is 66.3 Å². The third-order valence-corrected chi connectivity index (χ3v) is 7.36. The highest BCUT2D eigenvalue weighted by atomic mass is 19.1. The summed E-state index contributed by atoms with van der Waals surface area (Å²) >= 11 is 0. The van der Waals surface area contributed by atoms with Gasteiger partial charge in [0, 0.05) is 23.9 Å². The fraction of sp³-hybridized carbons (Fsp3) is 0.333. The smallest absolute Gasteiger partial charge is 0.255 e. The number of aryl methyl sites for hydroxylation is 2. The fourth-order valence-electron chi connectivity index (χ4n) is 4.97. The molecule has 0 spiro atoms. The van der Waals surface area contributed by atoms with Gasteiger partial charge < -0.3 is 15.0 Å². The second-order valence-electron chi connectivity index (χ2n) is 10.8. The quantitative estimate of drug-likeness (QED) is 0.224. The van der Waals surface area contributed by atoms with Crippen molar-refractivity contribution < 1.29 is 13.9 Å². The molecule has 3 heterocycles. The predicted molar refractivity (Wildman–Crippen MR) is 159 cm³/mol. The number of rotatable bonds is 10. The van der Waals surface area contributed by atoms with E-state index in [1.807, 2.05) is 37.3 Å². The highest BCUT2D eigenvalue weighted by molar-refractivity contribution is 6.04. The minimum absolute atomic E-state index is 0.149. The standard InChI is InChI=1S/C33H36FN5O2/c1-22(2)24-9-6-10-26(19-24)37-32(40)25-14-13-23(3)29(20-25)41-33-27(11-7-15-35-33)31-28(34)21-36-30(38-31)12-8-18-39-16-4-5-17-39/h6-7,9-11,13-15,19-22H,4-5,8,12,16-18H2,1-3H3,(H,37,40). The maximum absolute atomic E-state index is 15.0. The van der Waals surface area contributed by atoms with Crippen LogP contribution in [0.2, 0.25) is 0 Å². The average molecular weight is 554 g/mol. The summed E-state index contributed by atoms with van der Waals surface area (Å²) < 4.78 is 21.2. The lowest BCUT2D eigenvalue weighted by molar-refractivity contribution is 0.102.